The zero-order chi connectivity index (χ0) is 26.3. The number of carbonyl (C=O) groups is 1. The second-order valence-electron chi connectivity index (χ2n) is 6.59. The number of alkyl halides is 7. The van der Waals surface area contributed by atoms with Crippen molar-refractivity contribution in [1.29, 1.82) is 0 Å². The molecule has 0 fully saturated rings. The van der Waals surface area contributed by atoms with Crippen molar-refractivity contribution >= 4 is 34.7 Å². The van der Waals surface area contributed by atoms with Crippen molar-refractivity contribution in [3.05, 3.63) is 63.0 Å². The van der Waals surface area contributed by atoms with Gasteiger partial charge in [0.25, 0.3) is 5.69 Å². The number of hydrogen-bond acceptors (Lipinski definition) is 7. The van der Waals surface area contributed by atoms with Gasteiger partial charge in [0.2, 0.25) is 5.91 Å². The van der Waals surface area contributed by atoms with Gasteiger partial charge in [0.05, 0.1) is 10.5 Å². The van der Waals surface area contributed by atoms with E-state index in [1.54, 1.807) is 0 Å². The van der Waals surface area contributed by atoms with Gasteiger partial charge in [-0.1, -0.05) is 11.8 Å². The Labute approximate surface area is 197 Å². The average Bonchev–Trinajstić information content (AvgIpc) is 3.25. The summed E-state index contributed by atoms with van der Waals surface area (Å²) in [7, 11) is 0. The third kappa shape index (κ3) is 4.77. The largest absolute Gasteiger partial charge is 0.460 e. The SMILES string of the molecule is NC(=O)c1cc([N+](=O)[O-])cc(-c2ncc(C(F)(F)C(F)(F)C(F)(F)F)cc2F)c1Sc1nccs1. The molecule has 1 aromatic carbocycles. The third-order valence-corrected chi connectivity index (χ3v) is 6.39. The summed E-state index contributed by atoms with van der Waals surface area (Å²) < 4.78 is 107. The monoisotopic (exact) mass is 544 g/mol. The molecule has 0 unspecified atom stereocenters. The number of benzene rings is 1. The van der Waals surface area contributed by atoms with Gasteiger partial charge in [-0.15, -0.1) is 11.3 Å². The van der Waals surface area contributed by atoms with Crippen molar-refractivity contribution in [3.63, 3.8) is 0 Å². The van der Waals surface area contributed by atoms with Crippen LogP contribution in [0, 0.1) is 15.9 Å². The maximum atomic E-state index is 14.8. The predicted molar refractivity (Wildman–Crippen MR) is 106 cm³/mol. The van der Waals surface area contributed by atoms with E-state index in [9.17, 15) is 50.0 Å². The molecule has 0 aliphatic carbocycles. The molecule has 17 heteroatoms. The van der Waals surface area contributed by atoms with Crippen LogP contribution >= 0.6 is 23.1 Å². The first-order valence-electron chi connectivity index (χ1n) is 8.76. The van der Waals surface area contributed by atoms with Gasteiger partial charge in [0.15, 0.2) is 4.34 Å². The molecule has 0 saturated heterocycles. The van der Waals surface area contributed by atoms with Crippen LogP contribution in [-0.2, 0) is 5.92 Å². The van der Waals surface area contributed by atoms with E-state index in [-0.39, 0.29) is 21.5 Å². The number of pyridine rings is 1. The Kier molecular flexibility index (Phi) is 6.78. The molecule has 0 radical (unpaired) electrons. The first kappa shape index (κ1) is 26.3. The van der Waals surface area contributed by atoms with Crippen molar-refractivity contribution in [2.75, 3.05) is 0 Å². The zero-order valence-electron chi connectivity index (χ0n) is 16.4. The third-order valence-electron chi connectivity index (χ3n) is 4.36. The summed E-state index contributed by atoms with van der Waals surface area (Å²) >= 11 is 1.71. The number of hydrogen-bond donors (Lipinski definition) is 1. The zero-order valence-corrected chi connectivity index (χ0v) is 18.1. The normalized spacial score (nSPS) is 12.6. The van der Waals surface area contributed by atoms with Crippen LogP contribution in [0.4, 0.5) is 40.8 Å². The second-order valence-corrected chi connectivity index (χ2v) is 8.74. The summed E-state index contributed by atoms with van der Waals surface area (Å²) in [4.78, 5) is 29.2. The first-order chi connectivity index (χ1) is 16.1. The van der Waals surface area contributed by atoms with Gasteiger partial charge in [0.1, 0.15) is 11.5 Å². The van der Waals surface area contributed by atoms with Crippen LogP contribution in [0.3, 0.4) is 0 Å². The number of nitro benzene ring substituents is 1. The van der Waals surface area contributed by atoms with Crippen molar-refractivity contribution in [1.82, 2.24) is 9.97 Å². The molecule has 3 aromatic rings. The molecular formula is C18H8F8N4O3S2. The van der Waals surface area contributed by atoms with E-state index in [1.165, 1.54) is 11.6 Å². The maximum Gasteiger partial charge on any atom is 0.460 e. The molecule has 3 rings (SSSR count). The van der Waals surface area contributed by atoms with E-state index < -0.39 is 62.7 Å². The van der Waals surface area contributed by atoms with Crippen LogP contribution < -0.4 is 5.73 Å². The lowest BCUT2D eigenvalue weighted by atomic mass is 10.0. The number of amides is 1. The Hall–Kier alpha value is -3.34. The van der Waals surface area contributed by atoms with Crippen LogP contribution in [-0.4, -0.2) is 32.9 Å². The molecule has 0 saturated carbocycles. The number of primary amides is 1. The minimum Gasteiger partial charge on any atom is -0.366 e. The molecule has 7 nitrogen and oxygen atoms in total. The van der Waals surface area contributed by atoms with Gasteiger partial charge in [-0.3, -0.25) is 19.9 Å². The standard InChI is InChI=1S/C18H8F8N4O3S2/c19-11-3-7(16(20,21)17(22,23)18(24,25)26)6-29-12(11)9-4-8(30(32)33)5-10(14(27)31)13(9)35-15-28-1-2-34-15/h1-6H,(H2,27,31). The number of rotatable bonds is 7. The van der Waals surface area contributed by atoms with Gasteiger partial charge >= 0.3 is 18.0 Å². The highest BCUT2D eigenvalue weighted by Gasteiger charge is 2.73. The number of non-ortho nitro benzene ring substituents is 1. The van der Waals surface area contributed by atoms with Crippen LogP contribution in [0.15, 0.2) is 45.2 Å². The maximum absolute atomic E-state index is 14.8. The van der Waals surface area contributed by atoms with Gasteiger partial charge in [-0.25, -0.2) is 9.37 Å². The number of carbonyl (C=O) groups excluding carboxylic acids is 1. The number of aromatic nitrogens is 2. The quantitative estimate of drug-likeness (QED) is 0.229. The first-order valence-corrected chi connectivity index (χ1v) is 10.5. The van der Waals surface area contributed by atoms with Crippen LogP contribution in [0.5, 0.6) is 0 Å². The molecule has 35 heavy (non-hydrogen) atoms. The van der Waals surface area contributed by atoms with E-state index in [0.717, 1.165) is 17.4 Å². The second kappa shape index (κ2) is 9.03. The van der Waals surface area contributed by atoms with Crippen LogP contribution in [0.2, 0.25) is 0 Å². The molecular weight excluding hydrogens is 536 g/mol. The minimum atomic E-state index is -6.67. The van der Waals surface area contributed by atoms with Crippen molar-refractivity contribution in [2.45, 2.75) is 27.3 Å². The fraction of sp³-hybridized carbons (Fsp3) is 0.167. The summed E-state index contributed by atoms with van der Waals surface area (Å²) in [5.41, 5.74) is 0.378. The average molecular weight is 544 g/mol. The van der Waals surface area contributed by atoms with Gasteiger partial charge < -0.3 is 5.73 Å². The highest BCUT2D eigenvalue weighted by atomic mass is 32.2. The molecule has 0 aliphatic heterocycles. The summed E-state index contributed by atoms with van der Waals surface area (Å²) in [6.07, 6.45) is -5.45. The fourth-order valence-electron chi connectivity index (χ4n) is 2.70. The molecule has 1 amide bonds. The number of halogens is 8. The van der Waals surface area contributed by atoms with Crippen molar-refractivity contribution in [2.24, 2.45) is 5.73 Å². The summed E-state index contributed by atoms with van der Waals surface area (Å²) in [6, 6.07) is 1.16. The number of nitrogens with two attached hydrogens (primary N) is 1. The summed E-state index contributed by atoms with van der Waals surface area (Å²) in [5, 5.41) is 12.8. The summed E-state index contributed by atoms with van der Waals surface area (Å²) in [5.74, 6) is -15.5. The molecule has 2 aromatic heterocycles. The fourth-order valence-corrected chi connectivity index (χ4v) is 4.50. The van der Waals surface area contributed by atoms with E-state index in [1.807, 2.05) is 0 Å². The lowest BCUT2D eigenvalue weighted by molar-refractivity contribution is -0.384. The Morgan fingerprint density at radius 2 is 1.74 bits per heavy atom. The smallest absolute Gasteiger partial charge is 0.366 e. The molecule has 186 valence electrons. The number of thiazole rings is 1. The van der Waals surface area contributed by atoms with E-state index in [2.05, 4.69) is 9.97 Å². The highest BCUT2D eigenvalue weighted by molar-refractivity contribution is 8.01. The van der Waals surface area contributed by atoms with Crippen LogP contribution in [0.1, 0.15) is 15.9 Å². The molecule has 0 spiro atoms. The van der Waals surface area contributed by atoms with Crippen molar-refractivity contribution in [3.8, 4) is 11.3 Å². The van der Waals surface area contributed by atoms with E-state index in [4.69, 9.17) is 5.73 Å². The van der Waals surface area contributed by atoms with Crippen LogP contribution in [0.25, 0.3) is 11.3 Å². The number of nitrogens with zero attached hydrogens (tertiary/aromatic N) is 3. The predicted octanol–water partition coefficient (Wildman–Crippen LogP) is 5.79. The lowest BCUT2D eigenvalue weighted by Gasteiger charge is -2.28. The lowest BCUT2D eigenvalue weighted by Crippen LogP contribution is -2.50. The Morgan fingerprint density at radius 1 is 1.09 bits per heavy atom. The molecule has 2 N–H and O–H groups in total. The summed E-state index contributed by atoms with van der Waals surface area (Å²) in [6.45, 7) is 0. The van der Waals surface area contributed by atoms with E-state index in [0.29, 0.717) is 17.8 Å². The molecule has 2 heterocycles. The highest BCUT2D eigenvalue weighted by Crippen LogP contribution is 2.52. The molecule has 0 atom stereocenters. The Morgan fingerprint density at radius 3 is 2.23 bits per heavy atom. The Bertz CT molecular complexity index is 1300. The van der Waals surface area contributed by atoms with E-state index >= 15 is 0 Å². The molecule has 0 bridgehead atoms. The minimum absolute atomic E-state index is 0.126. The van der Waals surface area contributed by atoms with Gasteiger partial charge in [0, 0.05) is 45.9 Å². The van der Waals surface area contributed by atoms with Gasteiger partial charge in [-0.2, -0.15) is 30.7 Å². The number of nitro groups is 1. The Balaban J connectivity index is 2.24. The van der Waals surface area contributed by atoms with Crippen molar-refractivity contribution < 1.29 is 44.8 Å². The molecule has 0 aliphatic rings. The van der Waals surface area contributed by atoms with Gasteiger partial charge in [-0.05, 0) is 6.07 Å². The topological polar surface area (TPSA) is 112 Å².